The van der Waals surface area contributed by atoms with Crippen LogP contribution in [0, 0.1) is 0 Å². The highest BCUT2D eigenvalue weighted by Gasteiger charge is 2.13. The molecule has 6 heteroatoms. The maximum atomic E-state index is 11.9. The normalized spacial score (nSPS) is 11.9. The quantitative estimate of drug-likeness (QED) is 0.699. The van der Waals surface area contributed by atoms with Gasteiger partial charge in [-0.3, -0.25) is 4.79 Å². The Balaban J connectivity index is 1.32. The topological polar surface area (TPSA) is 66.0 Å². The summed E-state index contributed by atoms with van der Waals surface area (Å²) in [5, 5.41) is 2.86. The van der Waals surface area contributed by atoms with Gasteiger partial charge in [0.2, 0.25) is 12.7 Å². The Morgan fingerprint density at radius 1 is 1.04 bits per heavy atom. The Bertz CT molecular complexity index is 729. The van der Waals surface area contributed by atoms with Crippen LogP contribution in [-0.4, -0.2) is 32.5 Å². The minimum atomic E-state index is 0.00757. The maximum Gasteiger partial charge on any atom is 0.231 e. The van der Waals surface area contributed by atoms with Crippen LogP contribution >= 0.6 is 0 Å². The first-order valence-electron chi connectivity index (χ1n) is 8.75. The summed E-state index contributed by atoms with van der Waals surface area (Å²) in [6.07, 6.45) is 1.14. The van der Waals surface area contributed by atoms with Gasteiger partial charge >= 0.3 is 0 Å². The molecule has 0 aromatic heterocycles. The lowest BCUT2D eigenvalue weighted by atomic mass is 10.1. The average Bonchev–Trinajstić information content (AvgIpc) is 3.13. The number of hydrogen-bond acceptors (Lipinski definition) is 5. The first kappa shape index (κ1) is 17.9. The van der Waals surface area contributed by atoms with Gasteiger partial charge < -0.3 is 24.3 Å². The van der Waals surface area contributed by atoms with Crippen molar-refractivity contribution in [3.05, 3.63) is 48.0 Å². The van der Waals surface area contributed by atoms with Gasteiger partial charge in [0.15, 0.2) is 11.5 Å². The van der Waals surface area contributed by atoms with E-state index in [4.69, 9.17) is 18.9 Å². The second kappa shape index (κ2) is 8.99. The predicted octanol–water partition coefficient (Wildman–Crippen LogP) is 2.94. The molecule has 1 N–H and O–H groups in total. The van der Waals surface area contributed by atoms with E-state index in [-0.39, 0.29) is 12.7 Å². The van der Waals surface area contributed by atoms with E-state index in [0.717, 1.165) is 17.1 Å². The molecule has 0 bridgehead atoms. The monoisotopic (exact) mass is 357 g/mol. The fourth-order valence-corrected chi connectivity index (χ4v) is 2.59. The van der Waals surface area contributed by atoms with Gasteiger partial charge in [0.25, 0.3) is 0 Å². The molecule has 1 heterocycles. The molecule has 0 saturated carbocycles. The lowest BCUT2D eigenvalue weighted by Gasteiger charge is -2.09. The fourth-order valence-electron chi connectivity index (χ4n) is 2.59. The van der Waals surface area contributed by atoms with Crippen LogP contribution in [-0.2, 0) is 11.2 Å². The Hall–Kier alpha value is -2.89. The number of ether oxygens (including phenoxy) is 4. The highest BCUT2D eigenvalue weighted by molar-refractivity contribution is 5.76. The molecule has 6 nitrogen and oxygen atoms in total. The number of fused-ring (bicyclic) bond motifs is 1. The molecule has 0 radical (unpaired) electrons. The second-order valence-corrected chi connectivity index (χ2v) is 5.79. The van der Waals surface area contributed by atoms with Crippen LogP contribution in [0.15, 0.2) is 42.5 Å². The largest absolute Gasteiger partial charge is 0.494 e. The molecule has 0 aliphatic carbocycles. The van der Waals surface area contributed by atoms with Gasteiger partial charge in [-0.2, -0.15) is 0 Å². The predicted molar refractivity (Wildman–Crippen MR) is 97.0 cm³/mol. The van der Waals surface area contributed by atoms with Crippen LogP contribution in [0.5, 0.6) is 23.0 Å². The van der Waals surface area contributed by atoms with Crippen molar-refractivity contribution >= 4 is 5.91 Å². The Morgan fingerprint density at radius 3 is 2.62 bits per heavy atom. The Labute approximate surface area is 153 Å². The van der Waals surface area contributed by atoms with Gasteiger partial charge in [-0.15, -0.1) is 0 Å². The third-order valence-electron chi connectivity index (χ3n) is 3.91. The standard InChI is InChI=1S/C20H23NO5/c1-2-23-16-6-3-15(4-7-16)5-10-20(22)21-11-12-24-17-8-9-18-19(13-17)26-14-25-18/h3-4,6-9,13H,2,5,10-12,14H2,1H3,(H,21,22). The van der Waals surface area contributed by atoms with E-state index in [9.17, 15) is 4.79 Å². The second-order valence-electron chi connectivity index (χ2n) is 5.79. The average molecular weight is 357 g/mol. The molecule has 26 heavy (non-hydrogen) atoms. The zero-order chi connectivity index (χ0) is 18.2. The zero-order valence-corrected chi connectivity index (χ0v) is 14.8. The van der Waals surface area contributed by atoms with Gasteiger partial charge in [-0.25, -0.2) is 0 Å². The molecular weight excluding hydrogens is 334 g/mol. The molecule has 1 aliphatic heterocycles. The summed E-state index contributed by atoms with van der Waals surface area (Å²) in [5.74, 6) is 2.95. The van der Waals surface area contributed by atoms with Crippen molar-refractivity contribution in [3.8, 4) is 23.0 Å². The highest BCUT2D eigenvalue weighted by Crippen LogP contribution is 2.34. The smallest absolute Gasteiger partial charge is 0.231 e. The molecule has 138 valence electrons. The van der Waals surface area contributed by atoms with E-state index in [1.54, 1.807) is 6.07 Å². The first-order valence-corrected chi connectivity index (χ1v) is 8.75. The van der Waals surface area contributed by atoms with Crippen molar-refractivity contribution in [2.24, 2.45) is 0 Å². The third kappa shape index (κ3) is 5.05. The minimum absolute atomic E-state index is 0.00757. The van der Waals surface area contributed by atoms with Crippen molar-refractivity contribution in [1.82, 2.24) is 5.32 Å². The molecule has 3 rings (SSSR count). The number of carbonyl (C=O) groups is 1. The van der Waals surface area contributed by atoms with Crippen LogP contribution < -0.4 is 24.3 Å². The summed E-state index contributed by atoms with van der Waals surface area (Å²) in [4.78, 5) is 11.9. The van der Waals surface area contributed by atoms with Crippen LogP contribution in [0.1, 0.15) is 18.9 Å². The molecule has 0 atom stereocenters. The van der Waals surface area contributed by atoms with Gasteiger partial charge in [-0.05, 0) is 43.2 Å². The van der Waals surface area contributed by atoms with Crippen molar-refractivity contribution < 1.29 is 23.7 Å². The Kier molecular flexibility index (Phi) is 6.19. The summed E-state index contributed by atoms with van der Waals surface area (Å²) in [5.41, 5.74) is 1.11. The summed E-state index contributed by atoms with van der Waals surface area (Å²) in [6, 6.07) is 13.2. The van der Waals surface area contributed by atoms with Crippen molar-refractivity contribution in [2.75, 3.05) is 26.6 Å². The Morgan fingerprint density at radius 2 is 1.81 bits per heavy atom. The SMILES string of the molecule is CCOc1ccc(CCC(=O)NCCOc2ccc3c(c2)OCO3)cc1. The van der Waals surface area contributed by atoms with Crippen LogP contribution in [0.3, 0.4) is 0 Å². The van der Waals surface area contributed by atoms with Gasteiger partial charge in [0.05, 0.1) is 13.2 Å². The number of benzene rings is 2. The molecule has 0 unspecified atom stereocenters. The number of carbonyl (C=O) groups excluding carboxylic acids is 1. The number of aryl methyl sites for hydroxylation is 1. The molecule has 2 aromatic carbocycles. The lowest BCUT2D eigenvalue weighted by Crippen LogP contribution is -2.28. The minimum Gasteiger partial charge on any atom is -0.494 e. The molecule has 1 amide bonds. The number of rotatable bonds is 9. The van der Waals surface area contributed by atoms with Crippen LogP contribution in [0.4, 0.5) is 0 Å². The molecule has 0 fully saturated rings. The maximum absolute atomic E-state index is 11.9. The van der Waals surface area contributed by atoms with Crippen molar-refractivity contribution in [1.29, 1.82) is 0 Å². The number of amides is 1. The number of nitrogens with one attached hydrogen (secondary N) is 1. The highest BCUT2D eigenvalue weighted by atomic mass is 16.7. The van der Waals surface area contributed by atoms with E-state index in [2.05, 4.69) is 5.32 Å². The molecule has 1 aliphatic rings. The molecule has 2 aromatic rings. The first-order chi connectivity index (χ1) is 12.7. The molecule has 0 spiro atoms. The van der Waals surface area contributed by atoms with E-state index < -0.39 is 0 Å². The van der Waals surface area contributed by atoms with E-state index in [1.807, 2.05) is 43.3 Å². The van der Waals surface area contributed by atoms with Gasteiger partial charge in [-0.1, -0.05) is 12.1 Å². The summed E-state index contributed by atoms with van der Waals surface area (Å²) >= 11 is 0. The van der Waals surface area contributed by atoms with Crippen molar-refractivity contribution in [3.63, 3.8) is 0 Å². The van der Waals surface area contributed by atoms with Crippen LogP contribution in [0.2, 0.25) is 0 Å². The molecular formula is C20H23NO5. The summed E-state index contributed by atoms with van der Waals surface area (Å²) < 4.78 is 21.6. The fraction of sp³-hybridized carbons (Fsp3) is 0.350. The van der Waals surface area contributed by atoms with Crippen LogP contribution in [0.25, 0.3) is 0 Å². The van der Waals surface area contributed by atoms with Gasteiger partial charge in [0, 0.05) is 12.5 Å². The van der Waals surface area contributed by atoms with E-state index in [0.29, 0.717) is 44.1 Å². The number of hydrogen-bond donors (Lipinski definition) is 1. The van der Waals surface area contributed by atoms with E-state index in [1.165, 1.54) is 0 Å². The van der Waals surface area contributed by atoms with E-state index >= 15 is 0 Å². The summed E-state index contributed by atoms with van der Waals surface area (Å²) in [7, 11) is 0. The molecule has 0 saturated heterocycles. The van der Waals surface area contributed by atoms with Gasteiger partial charge in [0.1, 0.15) is 18.1 Å². The lowest BCUT2D eigenvalue weighted by molar-refractivity contribution is -0.121. The summed E-state index contributed by atoms with van der Waals surface area (Å²) in [6.45, 7) is 3.69. The third-order valence-corrected chi connectivity index (χ3v) is 3.91. The zero-order valence-electron chi connectivity index (χ0n) is 14.8. The van der Waals surface area contributed by atoms with Crippen molar-refractivity contribution in [2.45, 2.75) is 19.8 Å².